The number of para-hydroxylation sites is 2. The maximum Gasteiger partial charge on any atom is 0.201 e. The van der Waals surface area contributed by atoms with Gasteiger partial charge in [-0.1, -0.05) is 30.3 Å². The molecule has 1 saturated heterocycles. The van der Waals surface area contributed by atoms with Gasteiger partial charge in [-0.2, -0.15) is 0 Å². The third-order valence-corrected chi connectivity index (χ3v) is 5.90. The summed E-state index contributed by atoms with van der Waals surface area (Å²) in [5, 5.41) is 4.86. The summed E-state index contributed by atoms with van der Waals surface area (Å²) in [4.78, 5) is 9.62. The van der Waals surface area contributed by atoms with Crippen molar-refractivity contribution in [2.75, 3.05) is 42.9 Å². The number of piperazine rings is 1. The van der Waals surface area contributed by atoms with Crippen molar-refractivity contribution in [2.24, 2.45) is 0 Å². The van der Waals surface area contributed by atoms with Gasteiger partial charge < -0.3 is 14.8 Å². The first-order valence-electron chi connectivity index (χ1n) is 9.56. The second-order valence-electron chi connectivity index (χ2n) is 7.34. The summed E-state index contributed by atoms with van der Waals surface area (Å²) in [5.41, 5.74) is 2.30. The molecule has 2 aromatic carbocycles. The average molecular weight is 378 g/mol. The van der Waals surface area contributed by atoms with E-state index in [4.69, 9.17) is 12.2 Å². The van der Waals surface area contributed by atoms with Crippen molar-refractivity contribution in [3.8, 4) is 0 Å². The predicted octanol–water partition coefficient (Wildman–Crippen LogP) is 3.38. The molecule has 0 amide bonds. The van der Waals surface area contributed by atoms with Gasteiger partial charge in [0.05, 0.1) is 11.6 Å². The van der Waals surface area contributed by atoms with Crippen LogP contribution in [0.25, 0.3) is 10.9 Å². The molecule has 2 aliphatic heterocycles. The lowest BCUT2D eigenvalue weighted by Crippen LogP contribution is -2.49. The lowest BCUT2D eigenvalue weighted by atomic mass is 10.2. The molecule has 0 bridgehead atoms. The van der Waals surface area contributed by atoms with Crippen LogP contribution in [-0.2, 0) is 6.54 Å². The van der Waals surface area contributed by atoms with E-state index in [1.54, 1.807) is 0 Å². The molecule has 1 unspecified atom stereocenters. The molecule has 0 aliphatic carbocycles. The molecule has 2 aliphatic rings. The van der Waals surface area contributed by atoms with Crippen LogP contribution in [0.3, 0.4) is 0 Å². The maximum absolute atomic E-state index is 5.52. The fourth-order valence-corrected chi connectivity index (χ4v) is 4.47. The van der Waals surface area contributed by atoms with E-state index in [1.165, 1.54) is 5.69 Å². The number of nitrogens with one attached hydrogen (secondary N) is 1. The van der Waals surface area contributed by atoms with Crippen molar-refractivity contribution in [1.82, 2.24) is 14.5 Å². The summed E-state index contributed by atoms with van der Waals surface area (Å²) in [6, 6.07) is 19.3. The normalized spacial score (nSPS) is 19.9. The van der Waals surface area contributed by atoms with Crippen molar-refractivity contribution in [3.05, 3.63) is 59.4 Å². The summed E-state index contributed by atoms with van der Waals surface area (Å²) in [6.07, 6.45) is 0. The summed E-state index contributed by atoms with van der Waals surface area (Å²) in [7, 11) is 0. The van der Waals surface area contributed by atoms with E-state index in [0.717, 1.165) is 56.0 Å². The minimum Gasteiger partial charge on any atom is -0.369 e. The highest BCUT2D eigenvalue weighted by atomic mass is 32.1. The SMILES string of the molecule is S=c1nc2ccccc2c2n1CC(CN1CCN(c3ccccc3)CC1)N2. The molecule has 0 spiro atoms. The van der Waals surface area contributed by atoms with Gasteiger partial charge in [0.2, 0.25) is 4.77 Å². The molecule has 0 saturated carbocycles. The highest BCUT2D eigenvalue weighted by molar-refractivity contribution is 7.71. The molecule has 3 aromatic rings. The molecule has 1 atom stereocenters. The van der Waals surface area contributed by atoms with Gasteiger partial charge in [0.15, 0.2) is 0 Å². The van der Waals surface area contributed by atoms with E-state index in [0.29, 0.717) is 10.8 Å². The van der Waals surface area contributed by atoms with Crippen LogP contribution in [0, 0.1) is 4.77 Å². The number of rotatable bonds is 3. The first-order valence-corrected chi connectivity index (χ1v) is 9.97. The van der Waals surface area contributed by atoms with Crippen molar-refractivity contribution in [3.63, 3.8) is 0 Å². The van der Waals surface area contributed by atoms with Gasteiger partial charge in [-0.05, 0) is 36.5 Å². The van der Waals surface area contributed by atoms with Crippen LogP contribution >= 0.6 is 12.2 Å². The van der Waals surface area contributed by atoms with Crippen LogP contribution in [0.1, 0.15) is 0 Å². The fraction of sp³-hybridized carbons (Fsp3) is 0.333. The second kappa shape index (κ2) is 6.94. The molecular weight excluding hydrogens is 354 g/mol. The Morgan fingerprint density at radius 3 is 2.52 bits per heavy atom. The monoisotopic (exact) mass is 377 g/mol. The third-order valence-electron chi connectivity index (χ3n) is 5.59. The van der Waals surface area contributed by atoms with E-state index < -0.39 is 0 Å². The standard InChI is InChI=1S/C21H23N5S/c27-21-23-19-9-5-4-8-18(19)20-22-16(15-26(20)21)14-24-10-12-25(13-11-24)17-6-2-1-3-7-17/h1-9,16,22H,10-15H2. The second-order valence-corrected chi connectivity index (χ2v) is 7.70. The number of nitrogens with zero attached hydrogens (tertiary/aromatic N) is 4. The topological polar surface area (TPSA) is 36.3 Å². The predicted molar refractivity (Wildman–Crippen MR) is 113 cm³/mol. The van der Waals surface area contributed by atoms with Crippen LogP contribution in [0.2, 0.25) is 0 Å². The molecule has 1 fully saturated rings. The summed E-state index contributed by atoms with van der Waals surface area (Å²) >= 11 is 5.52. The first-order chi connectivity index (χ1) is 13.3. The van der Waals surface area contributed by atoms with Gasteiger partial charge in [-0.15, -0.1) is 0 Å². The zero-order chi connectivity index (χ0) is 18.2. The molecule has 27 heavy (non-hydrogen) atoms. The lowest BCUT2D eigenvalue weighted by Gasteiger charge is -2.37. The molecule has 1 aromatic heterocycles. The van der Waals surface area contributed by atoms with Gasteiger partial charge in [0, 0.05) is 50.3 Å². The van der Waals surface area contributed by atoms with E-state index >= 15 is 0 Å². The Hall–Kier alpha value is -2.44. The zero-order valence-corrected chi connectivity index (χ0v) is 16.0. The quantitative estimate of drug-likeness (QED) is 0.708. The van der Waals surface area contributed by atoms with Gasteiger partial charge in [-0.3, -0.25) is 4.90 Å². The first kappa shape index (κ1) is 16.7. The Morgan fingerprint density at radius 1 is 0.963 bits per heavy atom. The third kappa shape index (κ3) is 3.19. The number of hydrogen-bond donors (Lipinski definition) is 1. The van der Waals surface area contributed by atoms with Gasteiger partial charge in [-0.25, -0.2) is 4.98 Å². The minimum absolute atomic E-state index is 0.377. The molecule has 138 valence electrons. The summed E-state index contributed by atoms with van der Waals surface area (Å²) < 4.78 is 2.83. The smallest absolute Gasteiger partial charge is 0.201 e. The zero-order valence-electron chi connectivity index (χ0n) is 15.2. The Balaban J connectivity index is 1.26. The van der Waals surface area contributed by atoms with Crippen LogP contribution in [0.15, 0.2) is 54.6 Å². The van der Waals surface area contributed by atoms with Crippen LogP contribution in [0.4, 0.5) is 11.5 Å². The summed E-state index contributed by atoms with van der Waals surface area (Å²) in [5.74, 6) is 1.12. The highest BCUT2D eigenvalue weighted by Gasteiger charge is 2.26. The van der Waals surface area contributed by atoms with Crippen molar-refractivity contribution in [1.29, 1.82) is 0 Å². The van der Waals surface area contributed by atoms with E-state index in [-0.39, 0.29) is 0 Å². The molecular formula is C21H23N5S. The van der Waals surface area contributed by atoms with Crippen LogP contribution in [0.5, 0.6) is 0 Å². The maximum atomic E-state index is 5.52. The van der Waals surface area contributed by atoms with Crippen molar-refractivity contribution in [2.45, 2.75) is 12.6 Å². The van der Waals surface area contributed by atoms with Gasteiger partial charge in [0.1, 0.15) is 5.82 Å². The molecule has 5 rings (SSSR count). The highest BCUT2D eigenvalue weighted by Crippen LogP contribution is 2.28. The Morgan fingerprint density at radius 2 is 1.70 bits per heavy atom. The minimum atomic E-state index is 0.377. The van der Waals surface area contributed by atoms with Crippen LogP contribution in [-0.4, -0.2) is 53.2 Å². The molecule has 6 heteroatoms. The fourth-order valence-electron chi connectivity index (χ4n) is 4.20. The number of anilines is 2. The average Bonchev–Trinajstić information content (AvgIpc) is 3.14. The van der Waals surface area contributed by atoms with Crippen molar-refractivity contribution < 1.29 is 0 Å². The van der Waals surface area contributed by atoms with E-state index in [9.17, 15) is 0 Å². The summed E-state index contributed by atoms with van der Waals surface area (Å²) in [6.45, 7) is 6.27. The van der Waals surface area contributed by atoms with E-state index in [2.05, 4.69) is 67.1 Å². The number of benzene rings is 2. The Labute approximate surface area is 164 Å². The largest absolute Gasteiger partial charge is 0.369 e. The Bertz CT molecular complexity index is 1010. The van der Waals surface area contributed by atoms with Crippen molar-refractivity contribution >= 4 is 34.6 Å². The molecule has 5 nitrogen and oxygen atoms in total. The number of hydrogen-bond acceptors (Lipinski definition) is 5. The molecule has 3 heterocycles. The lowest BCUT2D eigenvalue weighted by molar-refractivity contribution is 0.245. The van der Waals surface area contributed by atoms with Gasteiger partial charge in [0.25, 0.3) is 0 Å². The number of fused-ring (bicyclic) bond motifs is 3. The molecule has 0 radical (unpaired) electrons. The van der Waals surface area contributed by atoms with Crippen LogP contribution < -0.4 is 10.2 Å². The van der Waals surface area contributed by atoms with E-state index in [1.807, 2.05) is 12.1 Å². The number of aromatic nitrogens is 2. The van der Waals surface area contributed by atoms with Gasteiger partial charge >= 0.3 is 0 Å². The molecule has 1 N–H and O–H groups in total. The Kier molecular flexibility index (Phi) is 4.30.